The van der Waals surface area contributed by atoms with Crippen molar-refractivity contribution in [3.05, 3.63) is 90.6 Å². The second-order valence-corrected chi connectivity index (χ2v) is 6.20. The molecule has 0 aliphatic heterocycles. The Morgan fingerprint density at radius 1 is 0.808 bits per heavy atom. The van der Waals surface area contributed by atoms with Crippen molar-refractivity contribution in [1.29, 1.82) is 0 Å². The van der Waals surface area contributed by atoms with E-state index < -0.39 is 0 Å². The third-order valence-corrected chi connectivity index (χ3v) is 4.48. The molecular weight excluding hydrogens is 322 g/mol. The van der Waals surface area contributed by atoms with E-state index in [1.165, 1.54) is 0 Å². The first kappa shape index (κ1) is 14.7. The Balaban J connectivity index is 1.55. The monoisotopic (exact) mass is 337 g/mol. The van der Waals surface area contributed by atoms with E-state index in [2.05, 4.69) is 56.6 Å². The molecule has 0 unspecified atom stereocenters. The third-order valence-electron chi connectivity index (χ3n) is 4.48. The minimum Gasteiger partial charge on any atom is -0.269 e. The molecule has 3 heterocycles. The van der Waals surface area contributed by atoms with Crippen LogP contribution in [-0.4, -0.2) is 24.6 Å². The summed E-state index contributed by atoms with van der Waals surface area (Å²) in [6.45, 7) is 0. The summed E-state index contributed by atoms with van der Waals surface area (Å²) in [6, 6.07) is 20.5. The highest BCUT2D eigenvalue weighted by atomic mass is 15.3. The molecular formula is C21H15N5. The highest BCUT2D eigenvalue weighted by Crippen LogP contribution is 2.20. The summed E-state index contributed by atoms with van der Waals surface area (Å²) in [5.41, 5.74) is 4.30. The molecule has 0 N–H and O–H groups in total. The van der Waals surface area contributed by atoms with Gasteiger partial charge in [0.05, 0.1) is 5.52 Å². The molecule has 5 nitrogen and oxygen atoms in total. The normalized spacial score (nSPS) is 11.2. The molecule has 5 heteroatoms. The van der Waals surface area contributed by atoms with E-state index in [9.17, 15) is 0 Å². The van der Waals surface area contributed by atoms with E-state index in [-0.39, 0.29) is 0 Å². The minimum absolute atomic E-state index is 0.610. The van der Waals surface area contributed by atoms with Crippen LogP contribution in [0.25, 0.3) is 27.8 Å². The molecule has 26 heavy (non-hydrogen) atoms. The zero-order valence-electron chi connectivity index (χ0n) is 13.9. The van der Waals surface area contributed by atoms with Gasteiger partial charge < -0.3 is 0 Å². The number of aromatic nitrogens is 5. The summed E-state index contributed by atoms with van der Waals surface area (Å²) in [4.78, 5) is 8.88. The molecule has 3 aromatic heterocycles. The van der Waals surface area contributed by atoms with Gasteiger partial charge >= 0.3 is 0 Å². The van der Waals surface area contributed by atoms with Gasteiger partial charge in [-0.15, -0.1) is 10.2 Å². The average molecular weight is 337 g/mol. The van der Waals surface area contributed by atoms with Crippen molar-refractivity contribution in [2.75, 3.05) is 0 Å². The third kappa shape index (κ3) is 2.59. The number of fused-ring (bicyclic) bond motifs is 2. The predicted molar refractivity (Wildman–Crippen MR) is 101 cm³/mol. The maximum Gasteiger partial charge on any atom is 0.254 e. The molecule has 124 valence electrons. The first-order valence-corrected chi connectivity index (χ1v) is 8.45. The van der Waals surface area contributed by atoms with Crippen molar-refractivity contribution in [3.63, 3.8) is 0 Å². The average Bonchev–Trinajstić information content (AvgIpc) is 3.10. The van der Waals surface area contributed by atoms with Gasteiger partial charge in [0.15, 0.2) is 0 Å². The lowest BCUT2D eigenvalue weighted by atomic mass is 10.1. The maximum absolute atomic E-state index is 4.45. The number of hydrogen-bond donors (Lipinski definition) is 0. The fraction of sp³-hybridized carbons (Fsp3) is 0.0476. The van der Waals surface area contributed by atoms with E-state index in [4.69, 9.17) is 0 Å². The SMILES string of the molecule is c1ccc(-c2cnc3nnc(Cc4ccc5cccnc5c4)n3c2)cc1. The number of pyridine rings is 1. The van der Waals surface area contributed by atoms with Crippen LogP contribution >= 0.6 is 0 Å². The lowest BCUT2D eigenvalue weighted by molar-refractivity contribution is 0.934. The summed E-state index contributed by atoms with van der Waals surface area (Å²) in [7, 11) is 0. The van der Waals surface area contributed by atoms with Crippen LogP contribution in [0.5, 0.6) is 0 Å². The lowest BCUT2D eigenvalue weighted by Gasteiger charge is -2.05. The van der Waals surface area contributed by atoms with E-state index in [0.717, 1.165) is 33.4 Å². The topological polar surface area (TPSA) is 56.0 Å². The van der Waals surface area contributed by atoms with Crippen molar-refractivity contribution in [1.82, 2.24) is 24.6 Å². The molecule has 5 rings (SSSR count). The second kappa shape index (κ2) is 6.04. The molecule has 0 aliphatic rings. The zero-order valence-corrected chi connectivity index (χ0v) is 13.9. The number of rotatable bonds is 3. The van der Waals surface area contributed by atoms with E-state index in [0.29, 0.717) is 12.2 Å². The van der Waals surface area contributed by atoms with Gasteiger partial charge in [0.25, 0.3) is 5.78 Å². The number of nitrogens with zero attached hydrogens (tertiary/aromatic N) is 5. The van der Waals surface area contributed by atoms with Crippen LogP contribution in [0, 0.1) is 0 Å². The van der Waals surface area contributed by atoms with Crippen LogP contribution in [0.15, 0.2) is 79.3 Å². The van der Waals surface area contributed by atoms with Gasteiger partial charge in [0.1, 0.15) is 5.82 Å². The summed E-state index contributed by atoms with van der Waals surface area (Å²) < 4.78 is 1.96. The van der Waals surface area contributed by atoms with Gasteiger partial charge in [0.2, 0.25) is 0 Å². The molecule has 0 bridgehead atoms. The van der Waals surface area contributed by atoms with Crippen molar-refractivity contribution in [2.45, 2.75) is 6.42 Å². The molecule has 0 aliphatic carbocycles. The standard InChI is InChI=1S/C21H15N5/c1-2-5-16(6-3-1)18-13-23-21-25-24-20(26(21)14-18)12-15-8-9-17-7-4-10-22-19(17)11-15/h1-11,13-14H,12H2. The fourth-order valence-corrected chi connectivity index (χ4v) is 3.14. The Labute approximate surface area is 150 Å². The summed E-state index contributed by atoms with van der Waals surface area (Å²) in [5.74, 6) is 1.47. The number of benzene rings is 2. The Bertz CT molecular complexity index is 1210. The fourth-order valence-electron chi connectivity index (χ4n) is 3.14. The predicted octanol–water partition coefficient (Wildman–Crippen LogP) is 3.93. The molecule has 0 atom stereocenters. The molecule has 2 aromatic carbocycles. The summed E-state index contributed by atoms with van der Waals surface area (Å²) in [5, 5.41) is 9.67. The van der Waals surface area contributed by atoms with E-state index >= 15 is 0 Å². The van der Waals surface area contributed by atoms with E-state index in [1.54, 1.807) is 0 Å². The van der Waals surface area contributed by atoms with Gasteiger partial charge in [-0.25, -0.2) is 4.98 Å². The van der Waals surface area contributed by atoms with Crippen LogP contribution in [0.1, 0.15) is 11.4 Å². The van der Waals surface area contributed by atoms with E-state index in [1.807, 2.05) is 47.3 Å². The van der Waals surface area contributed by atoms with Crippen molar-refractivity contribution >= 4 is 16.7 Å². The maximum atomic E-state index is 4.45. The molecule has 0 fully saturated rings. The van der Waals surface area contributed by atoms with Crippen molar-refractivity contribution in [3.8, 4) is 11.1 Å². The minimum atomic E-state index is 0.610. The quantitative estimate of drug-likeness (QED) is 0.500. The molecule has 0 spiro atoms. The second-order valence-electron chi connectivity index (χ2n) is 6.20. The van der Waals surface area contributed by atoms with Crippen LogP contribution in [0.2, 0.25) is 0 Å². The molecule has 5 aromatic rings. The largest absolute Gasteiger partial charge is 0.269 e. The van der Waals surface area contributed by atoms with Gasteiger partial charge in [-0.1, -0.05) is 48.5 Å². The van der Waals surface area contributed by atoms with Crippen LogP contribution in [0.3, 0.4) is 0 Å². The number of hydrogen-bond acceptors (Lipinski definition) is 4. The first-order chi connectivity index (χ1) is 12.9. The Hall–Kier alpha value is -3.60. The van der Waals surface area contributed by atoms with Crippen molar-refractivity contribution < 1.29 is 0 Å². The van der Waals surface area contributed by atoms with Crippen LogP contribution in [0.4, 0.5) is 0 Å². The highest BCUT2D eigenvalue weighted by molar-refractivity contribution is 5.78. The molecule has 0 saturated heterocycles. The van der Waals surface area contributed by atoms with Gasteiger partial charge in [-0.3, -0.25) is 9.38 Å². The van der Waals surface area contributed by atoms with Gasteiger partial charge in [0, 0.05) is 36.0 Å². The van der Waals surface area contributed by atoms with Crippen LogP contribution < -0.4 is 0 Å². The molecule has 0 saturated carbocycles. The Morgan fingerprint density at radius 3 is 2.65 bits per heavy atom. The van der Waals surface area contributed by atoms with Crippen molar-refractivity contribution in [2.24, 2.45) is 0 Å². The summed E-state index contributed by atoms with van der Waals surface area (Å²) in [6.07, 6.45) is 6.37. The highest BCUT2D eigenvalue weighted by Gasteiger charge is 2.09. The van der Waals surface area contributed by atoms with Crippen LogP contribution in [-0.2, 0) is 6.42 Å². The lowest BCUT2D eigenvalue weighted by Crippen LogP contribution is -1.98. The summed E-state index contributed by atoms with van der Waals surface area (Å²) >= 11 is 0. The molecule has 0 radical (unpaired) electrons. The Kier molecular flexibility index (Phi) is 3.42. The zero-order chi connectivity index (χ0) is 17.3. The first-order valence-electron chi connectivity index (χ1n) is 8.45. The molecule has 0 amide bonds. The smallest absolute Gasteiger partial charge is 0.254 e. The Morgan fingerprint density at radius 2 is 1.73 bits per heavy atom. The van der Waals surface area contributed by atoms with Gasteiger partial charge in [-0.05, 0) is 23.3 Å². The van der Waals surface area contributed by atoms with Gasteiger partial charge in [-0.2, -0.15) is 0 Å².